The van der Waals surface area contributed by atoms with E-state index in [2.05, 4.69) is 276 Å². The number of nitrogens with zero attached hydrogens (tertiary/aromatic N) is 2. The molecule has 4 heterocycles. The van der Waals surface area contributed by atoms with Gasteiger partial charge in [0.1, 0.15) is 0 Å². The molecule has 0 aliphatic carbocycles. The molecule has 0 unspecified atom stereocenters. The Kier molecular flexibility index (Phi) is 8.44. The highest BCUT2D eigenvalue weighted by atomic mass is 28.3. The fraction of sp³-hybridized carbons (Fsp3) is 0. The second-order valence-electron chi connectivity index (χ2n) is 19.1. The molecule has 4 heteroatoms. The zero-order valence-corrected chi connectivity index (χ0v) is 40.3. The van der Waals surface area contributed by atoms with Gasteiger partial charge >= 0.3 is 0 Å². The number of fused-ring (bicyclic) bond motifs is 12. The van der Waals surface area contributed by atoms with Gasteiger partial charge in [0.05, 0.1) is 22.1 Å². The van der Waals surface area contributed by atoms with Crippen LogP contribution in [0.4, 0.5) is 0 Å². The first-order valence-corrected chi connectivity index (χ1v) is 28.4. The van der Waals surface area contributed by atoms with E-state index in [1.807, 2.05) is 0 Å². The van der Waals surface area contributed by atoms with Crippen LogP contribution in [0, 0.1) is 0 Å². The lowest BCUT2D eigenvalue weighted by Crippen LogP contribution is -2.72. The maximum Gasteiger partial charge on any atom is 0.180 e. The molecule has 0 bridgehead atoms. The van der Waals surface area contributed by atoms with Crippen molar-refractivity contribution in [3.05, 3.63) is 267 Å². The lowest BCUT2D eigenvalue weighted by molar-refractivity contribution is 1.16. The number of hydrogen-bond acceptors (Lipinski definition) is 0. The summed E-state index contributed by atoms with van der Waals surface area (Å²) in [6, 6.07) is 102. The molecule has 11 aromatic carbocycles. The molecular weight excluding hydrogens is 877 g/mol. The van der Waals surface area contributed by atoms with E-state index in [4.69, 9.17) is 0 Å². The molecule has 0 spiro atoms. The summed E-state index contributed by atoms with van der Waals surface area (Å²) in [7, 11) is -5.54. The number of aromatic nitrogens is 2. The Morgan fingerprint density at radius 3 is 0.871 bits per heavy atom. The third kappa shape index (κ3) is 5.21. The number of para-hydroxylation sites is 2. The van der Waals surface area contributed by atoms with Crippen molar-refractivity contribution in [2.45, 2.75) is 0 Å². The van der Waals surface area contributed by atoms with Crippen LogP contribution in [0.1, 0.15) is 0 Å². The van der Waals surface area contributed by atoms with Gasteiger partial charge in [-0.05, 0) is 112 Å². The summed E-state index contributed by atoms with van der Waals surface area (Å²) in [5.74, 6) is 0. The molecule has 0 saturated carbocycles. The molecule has 2 aliphatic rings. The first-order chi connectivity index (χ1) is 34.7. The highest BCUT2D eigenvalue weighted by Gasteiger charge is 2.50. The van der Waals surface area contributed by atoms with Crippen molar-refractivity contribution in [2.24, 2.45) is 0 Å². The Hall–Kier alpha value is -8.55. The van der Waals surface area contributed by atoms with Crippen LogP contribution in [0.5, 0.6) is 0 Å². The summed E-state index contributed by atoms with van der Waals surface area (Å²) in [6.07, 6.45) is 0. The molecule has 326 valence electrons. The summed E-state index contributed by atoms with van der Waals surface area (Å²) in [5.41, 5.74) is 12.5. The van der Waals surface area contributed by atoms with Crippen LogP contribution >= 0.6 is 0 Å². The summed E-state index contributed by atoms with van der Waals surface area (Å²) in [5, 5.41) is 16.5. The van der Waals surface area contributed by atoms with Gasteiger partial charge in [0.25, 0.3) is 0 Å². The Labute approximate surface area is 408 Å². The zero-order valence-electron chi connectivity index (χ0n) is 38.3. The first-order valence-electron chi connectivity index (χ1n) is 24.4. The molecular formula is C66H44N2Si2. The molecule has 0 saturated heterocycles. The molecule has 0 fully saturated rings. The third-order valence-corrected chi connectivity index (χ3v) is 25.6. The Morgan fingerprint density at radius 2 is 0.514 bits per heavy atom. The minimum absolute atomic E-state index is 1.15. The summed E-state index contributed by atoms with van der Waals surface area (Å²) in [6.45, 7) is 0. The van der Waals surface area contributed by atoms with Gasteiger partial charge < -0.3 is 9.13 Å². The van der Waals surface area contributed by atoms with E-state index in [1.54, 1.807) is 0 Å². The van der Waals surface area contributed by atoms with E-state index < -0.39 is 16.1 Å². The molecule has 0 atom stereocenters. The number of hydrogen-bond donors (Lipinski definition) is 0. The van der Waals surface area contributed by atoms with E-state index in [1.165, 1.54) is 107 Å². The number of benzene rings is 11. The molecule has 2 nitrogen and oxygen atoms in total. The molecule has 13 aromatic rings. The average Bonchev–Trinajstić information content (AvgIpc) is 4.13. The molecule has 2 aromatic heterocycles. The van der Waals surface area contributed by atoms with Crippen molar-refractivity contribution in [2.75, 3.05) is 0 Å². The number of rotatable bonds is 6. The van der Waals surface area contributed by atoms with Gasteiger partial charge in [-0.3, -0.25) is 0 Å². The van der Waals surface area contributed by atoms with Gasteiger partial charge in [0, 0.05) is 32.9 Å². The second-order valence-corrected chi connectivity index (χ2v) is 26.6. The summed E-state index contributed by atoms with van der Waals surface area (Å²) < 4.78 is 5.01. The lowest BCUT2D eigenvalue weighted by atomic mass is 10.1. The Balaban J connectivity index is 1.07. The standard InChI is InChI=1S/C66H44N2Si2/c1-5-21-45(22-6-1)67-59-39-37-49(69(47-25-9-3-10-26-47)63-33-17-13-29-51(63)52-30-14-18-34-64(52)69)41-55(59)57-43-58-56-42-50(38-40-60(56)68(62(58)44-61(57)67)46-23-7-2-8-24-46)70(48-27-11-4-12-28-48)65-35-19-15-31-53(65)54-32-16-20-36-66(54)70/h1-44H. The fourth-order valence-electron chi connectivity index (χ4n) is 13.1. The van der Waals surface area contributed by atoms with Crippen LogP contribution in [-0.2, 0) is 0 Å². The van der Waals surface area contributed by atoms with Crippen LogP contribution in [0.15, 0.2) is 267 Å². The van der Waals surface area contributed by atoms with Crippen molar-refractivity contribution in [3.8, 4) is 33.6 Å². The monoisotopic (exact) mass is 920 g/mol. The van der Waals surface area contributed by atoms with Gasteiger partial charge in [0.2, 0.25) is 0 Å². The predicted octanol–water partition coefficient (Wildman–Crippen LogP) is 10.6. The maximum atomic E-state index is 2.59. The van der Waals surface area contributed by atoms with Crippen molar-refractivity contribution < 1.29 is 0 Å². The molecule has 0 radical (unpaired) electrons. The van der Waals surface area contributed by atoms with Crippen LogP contribution < -0.4 is 41.5 Å². The highest BCUT2D eigenvalue weighted by molar-refractivity contribution is 7.23. The maximum absolute atomic E-state index is 2.77. The molecule has 2 aliphatic heterocycles. The van der Waals surface area contributed by atoms with E-state index in [9.17, 15) is 0 Å². The van der Waals surface area contributed by atoms with Crippen LogP contribution in [0.25, 0.3) is 77.2 Å². The van der Waals surface area contributed by atoms with E-state index >= 15 is 0 Å². The average molecular weight is 921 g/mol. The van der Waals surface area contributed by atoms with Gasteiger partial charge in [0.15, 0.2) is 16.1 Å². The van der Waals surface area contributed by atoms with Crippen LogP contribution in [0.2, 0.25) is 0 Å². The molecule has 0 N–H and O–H groups in total. The van der Waals surface area contributed by atoms with Gasteiger partial charge in [-0.1, -0.05) is 218 Å². The molecule has 15 rings (SSSR count). The van der Waals surface area contributed by atoms with Crippen LogP contribution in [-0.4, -0.2) is 25.3 Å². The summed E-state index contributed by atoms with van der Waals surface area (Å²) in [4.78, 5) is 0. The predicted molar refractivity (Wildman–Crippen MR) is 300 cm³/mol. The zero-order chi connectivity index (χ0) is 46.0. The van der Waals surface area contributed by atoms with Crippen molar-refractivity contribution in [1.29, 1.82) is 0 Å². The molecule has 0 amide bonds. The minimum Gasteiger partial charge on any atom is -0.309 e. The van der Waals surface area contributed by atoms with Gasteiger partial charge in [-0.15, -0.1) is 0 Å². The lowest BCUT2D eigenvalue weighted by Gasteiger charge is -2.31. The van der Waals surface area contributed by atoms with E-state index in [0.717, 1.165) is 11.4 Å². The SMILES string of the molecule is c1ccc(-n2c3ccc([Si]4(c5ccccc5)c5ccccc5-c5ccccc54)cc3c3cc4c5cc([Si]6(c7ccccc7)c7ccccc7-c7ccccc76)ccc5n(-c5ccccc5)c4cc32)cc1. The summed E-state index contributed by atoms with van der Waals surface area (Å²) >= 11 is 0. The Morgan fingerprint density at radius 1 is 0.214 bits per heavy atom. The van der Waals surface area contributed by atoms with Crippen molar-refractivity contribution in [1.82, 2.24) is 9.13 Å². The van der Waals surface area contributed by atoms with Crippen LogP contribution in [0.3, 0.4) is 0 Å². The van der Waals surface area contributed by atoms with Crippen molar-refractivity contribution in [3.63, 3.8) is 0 Å². The fourth-order valence-corrected chi connectivity index (χ4v) is 23.5. The highest BCUT2D eigenvalue weighted by Crippen LogP contribution is 2.41. The second kappa shape index (κ2) is 15.0. The normalized spacial score (nSPS) is 13.9. The molecule has 70 heavy (non-hydrogen) atoms. The van der Waals surface area contributed by atoms with Gasteiger partial charge in [-0.2, -0.15) is 0 Å². The third-order valence-electron chi connectivity index (χ3n) is 15.9. The topological polar surface area (TPSA) is 9.86 Å². The van der Waals surface area contributed by atoms with E-state index in [0.29, 0.717) is 0 Å². The van der Waals surface area contributed by atoms with E-state index in [-0.39, 0.29) is 0 Å². The smallest absolute Gasteiger partial charge is 0.180 e. The van der Waals surface area contributed by atoms with Crippen molar-refractivity contribution >= 4 is 101 Å². The Bertz CT molecular complexity index is 3870. The largest absolute Gasteiger partial charge is 0.309 e. The quantitative estimate of drug-likeness (QED) is 0.147. The minimum atomic E-state index is -2.77. The van der Waals surface area contributed by atoms with Gasteiger partial charge in [-0.25, -0.2) is 0 Å². The first kappa shape index (κ1) is 39.4.